The van der Waals surface area contributed by atoms with E-state index in [1.54, 1.807) is 61.7 Å². The van der Waals surface area contributed by atoms with E-state index >= 15 is 0 Å². The van der Waals surface area contributed by atoms with Gasteiger partial charge >= 0.3 is 11.9 Å². The molecule has 154 valence electrons. The van der Waals surface area contributed by atoms with Crippen molar-refractivity contribution in [3.63, 3.8) is 0 Å². The molecule has 0 saturated heterocycles. The molecule has 3 aromatic carbocycles. The van der Waals surface area contributed by atoms with Gasteiger partial charge in [-0.2, -0.15) is 0 Å². The number of carbonyl (C=O) groups excluding carboxylic acids is 2. The van der Waals surface area contributed by atoms with Crippen LogP contribution in [0.15, 0.2) is 83.5 Å². The maximum absolute atomic E-state index is 13.1. The summed E-state index contributed by atoms with van der Waals surface area (Å²) >= 11 is 0. The first kappa shape index (κ1) is 20.0. The summed E-state index contributed by atoms with van der Waals surface area (Å²) in [4.78, 5) is 28.5. The molecule has 0 aromatic heterocycles. The van der Waals surface area contributed by atoms with Gasteiger partial charge in [0.05, 0.1) is 12.7 Å². The smallest absolute Gasteiger partial charge is 0.363 e. The molecular formula is C24H16FNO5. The second-order valence-electron chi connectivity index (χ2n) is 6.53. The predicted molar refractivity (Wildman–Crippen MR) is 111 cm³/mol. The minimum absolute atomic E-state index is 0.112. The Hall–Kier alpha value is -4.26. The summed E-state index contributed by atoms with van der Waals surface area (Å²) in [7, 11) is 1.55. The third-order valence-electron chi connectivity index (χ3n) is 4.43. The fraction of sp³-hybridized carbons (Fsp3) is 0.0417. The Labute approximate surface area is 177 Å². The van der Waals surface area contributed by atoms with Gasteiger partial charge in [0.2, 0.25) is 5.90 Å². The predicted octanol–water partition coefficient (Wildman–Crippen LogP) is 4.40. The zero-order valence-corrected chi connectivity index (χ0v) is 16.4. The van der Waals surface area contributed by atoms with E-state index in [4.69, 9.17) is 14.2 Å². The molecule has 0 saturated carbocycles. The molecule has 1 heterocycles. The molecule has 7 heteroatoms. The summed E-state index contributed by atoms with van der Waals surface area (Å²) in [6.45, 7) is 0. The number of cyclic esters (lactones) is 1. The number of rotatable bonds is 5. The summed E-state index contributed by atoms with van der Waals surface area (Å²) < 4.78 is 28.6. The van der Waals surface area contributed by atoms with Crippen LogP contribution in [0.25, 0.3) is 6.08 Å². The Kier molecular flexibility index (Phi) is 5.57. The molecule has 1 aliphatic heterocycles. The zero-order valence-electron chi connectivity index (χ0n) is 16.4. The van der Waals surface area contributed by atoms with Gasteiger partial charge < -0.3 is 14.2 Å². The van der Waals surface area contributed by atoms with Crippen LogP contribution in [0.3, 0.4) is 0 Å². The molecule has 0 bridgehead atoms. The van der Waals surface area contributed by atoms with Crippen LogP contribution in [0.4, 0.5) is 4.39 Å². The largest absolute Gasteiger partial charge is 0.497 e. The monoisotopic (exact) mass is 417 g/mol. The highest BCUT2D eigenvalue weighted by atomic mass is 19.1. The van der Waals surface area contributed by atoms with Gasteiger partial charge in [-0.3, -0.25) is 0 Å². The van der Waals surface area contributed by atoms with E-state index in [0.29, 0.717) is 28.2 Å². The molecule has 0 atom stereocenters. The molecule has 6 nitrogen and oxygen atoms in total. The standard InChI is InChI=1S/C24H16FNO5/c1-29-19-12-6-17(7-13-19)23(27)30-20-10-2-15(3-11-20)14-21-24(28)31-22(26-21)16-4-8-18(25)9-5-16/h2-14H,1H3/b21-14-. The lowest BCUT2D eigenvalue weighted by Crippen LogP contribution is -2.08. The first-order valence-electron chi connectivity index (χ1n) is 9.26. The highest BCUT2D eigenvalue weighted by Gasteiger charge is 2.24. The maximum Gasteiger partial charge on any atom is 0.363 e. The lowest BCUT2D eigenvalue weighted by molar-refractivity contribution is -0.129. The third kappa shape index (κ3) is 4.67. The van der Waals surface area contributed by atoms with Crippen LogP contribution in [-0.2, 0) is 9.53 Å². The maximum atomic E-state index is 13.1. The average molecular weight is 417 g/mol. The molecule has 0 spiro atoms. The van der Waals surface area contributed by atoms with Gasteiger partial charge in [-0.1, -0.05) is 12.1 Å². The molecule has 0 amide bonds. The first-order chi connectivity index (χ1) is 15.0. The molecule has 31 heavy (non-hydrogen) atoms. The normalized spacial score (nSPS) is 14.2. The van der Waals surface area contributed by atoms with Crippen LogP contribution in [-0.4, -0.2) is 24.9 Å². The van der Waals surface area contributed by atoms with Crippen molar-refractivity contribution in [2.24, 2.45) is 4.99 Å². The molecule has 3 aromatic rings. The topological polar surface area (TPSA) is 74.2 Å². The molecule has 0 N–H and O–H groups in total. The second kappa shape index (κ2) is 8.62. The summed E-state index contributed by atoms with van der Waals surface area (Å²) in [5, 5.41) is 0. The molecular weight excluding hydrogens is 401 g/mol. The Morgan fingerprint density at radius 3 is 2.23 bits per heavy atom. The molecule has 0 radical (unpaired) electrons. The zero-order chi connectivity index (χ0) is 21.8. The summed E-state index contributed by atoms with van der Waals surface area (Å²) in [5.41, 5.74) is 1.67. The van der Waals surface area contributed by atoms with Crippen molar-refractivity contribution < 1.29 is 28.2 Å². The van der Waals surface area contributed by atoms with Gasteiger partial charge in [0, 0.05) is 5.56 Å². The van der Waals surface area contributed by atoms with Crippen LogP contribution in [0, 0.1) is 5.82 Å². The number of methoxy groups -OCH3 is 1. The Morgan fingerprint density at radius 1 is 0.935 bits per heavy atom. The minimum atomic E-state index is -0.602. The number of aliphatic imine (C=N–C) groups is 1. The van der Waals surface area contributed by atoms with Gasteiger partial charge in [-0.25, -0.2) is 19.0 Å². The molecule has 4 rings (SSSR count). The van der Waals surface area contributed by atoms with Crippen molar-refractivity contribution >= 4 is 23.9 Å². The SMILES string of the molecule is COc1ccc(C(=O)Oc2ccc(/C=C3\N=C(c4ccc(F)cc4)OC3=O)cc2)cc1. The number of nitrogens with zero attached hydrogens (tertiary/aromatic N) is 1. The van der Waals surface area contributed by atoms with Gasteiger partial charge in [-0.05, 0) is 72.3 Å². The number of carbonyl (C=O) groups is 2. The van der Waals surface area contributed by atoms with Crippen LogP contribution in [0.1, 0.15) is 21.5 Å². The van der Waals surface area contributed by atoms with E-state index < -0.39 is 17.8 Å². The average Bonchev–Trinajstić information content (AvgIpc) is 3.15. The van der Waals surface area contributed by atoms with Crippen molar-refractivity contribution in [2.45, 2.75) is 0 Å². The number of ether oxygens (including phenoxy) is 3. The van der Waals surface area contributed by atoms with Gasteiger partial charge in [0.15, 0.2) is 5.70 Å². The number of benzene rings is 3. The van der Waals surface area contributed by atoms with E-state index in [1.165, 1.54) is 24.3 Å². The van der Waals surface area contributed by atoms with E-state index in [-0.39, 0.29) is 11.6 Å². The van der Waals surface area contributed by atoms with Crippen LogP contribution in [0.2, 0.25) is 0 Å². The van der Waals surface area contributed by atoms with Crippen LogP contribution in [0.5, 0.6) is 11.5 Å². The fourth-order valence-electron chi connectivity index (χ4n) is 2.81. The van der Waals surface area contributed by atoms with E-state index in [0.717, 1.165) is 0 Å². The van der Waals surface area contributed by atoms with Gasteiger partial charge in [-0.15, -0.1) is 0 Å². The number of halogens is 1. The Balaban J connectivity index is 1.46. The number of esters is 2. The summed E-state index contributed by atoms with van der Waals surface area (Å²) in [6.07, 6.45) is 1.55. The molecule has 0 fully saturated rings. The number of hydrogen-bond acceptors (Lipinski definition) is 6. The van der Waals surface area contributed by atoms with Crippen molar-refractivity contribution in [3.05, 3.63) is 101 Å². The summed E-state index contributed by atoms with van der Waals surface area (Å²) in [6, 6.07) is 18.7. The lowest BCUT2D eigenvalue weighted by Gasteiger charge is -2.05. The van der Waals surface area contributed by atoms with Crippen molar-refractivity contribution in [1.82, 2.24) is 0 Å². The van der Waals surface area contributed by atoms with E-state index in [2.05, 4.69) is 4.99 Å². The van der Waals surface area contributed by atoms with Crippen molar-refractivity contribution in [2.75, 3.05) is 7.11 Å². The van der Waals surface area contributed by atoms with Crippen molar-refractivity contribution in [3.8, 4) is 11.5 Å². The van der Waals surface area contributed by atoms with Gasteiger partial charge in [0.25, 0.3) is 0 Å². The Bertz CT molecular complexity index is 1180. The fourth-order valence-corrected chi connectivity index (χ4v) is 2.81. The Morgan fingerprint density at radius 2 is 1.58 bits per heavy atom. The second-order valence-corrected chi connectivity index (χ2v) is 6.53. The number of hydrogen-bond donors (Lipinski definition) is 0. The van der Waals surface area contributed by atoms with E-state index in [9.17, 15) is 14.0 Å². The summed E-state index contributed by atoms with van der Waals surface area (Å²) in [5.74, 6) is -0.383. The van der Waals surface area contributed by atoms with Crippen LogP contribution >= 0.6 is 0 Å². The molecule has 1 aliphatic rings. The van der Waals surface area contributed by atoms with Crippen molar-refractivity contribution in [1.29, 1.82) is 0 Å². The highest BCUT2D eigenvalue weighted by molar-refractivity contribution is 6.12. The molecule has 0 aliphatic carbocycles. The third-order valence-corrected chi connectivity index (χ3v) is 4.43. The quantitative estimate of drug-likeness (QED) is 0.350. The molecule has 0 unspecified atom stereocenters. The first-order valence-corrected chi connectivity index (χ1v) is 9.26. The van der Waals surface area contributed by atoms with Gasteiger partial charge in [0.1, 0.15) is 17.3 Å². The minimum Gasteiger partial charge on any atom is -0.497 e. The lowest BCUT2D eigenvalue weighted by atomic mass is 10.2. The highest BCUT2D eigenvalue weighted by Crippen LogP contribution is 2.21. The van der Waals surface area contributed by atoms with Crippen LogP contribution < -0.4 is 9.47 Å². The van der Waals surface area contributed by atoms with E-state index in [1.807, 2.05) is 0 Å².